The van der Waals surface area contributed by atoms with Gasteiger partial charge >= 0.3 is 0 Å². The van der Waals surface area contributed by atoms with Crippen molar-refractivity contribution in [1.82, 2.24) is 5.32 Å². The number of nitrogens with zero attached hydrogens (tertiary/aromatic N) is 1. The van der Waals surface area contributed by atoms with E-state index in [1.807, 2.05) is 36.4 Å². The molecule has 0 unspecified atom stereocenters. The maximum Gasteiger partial charge on any atom is 0.195 e. The van der Waals surface area contributed by atoms with Gasteiger partial charge < -0.3 is 20.1 Å². The number of benzene rings is 2. The molecule has 0 spiro atoms. The van der Waals surface area contributed by atoms with Crippen LogP contribution in [0.3, 0.4) is 0 Å². The minimum atomic E-state index is 0. The van der Waals surface area contributed by atoms with E-state index in [0.29, 0.717) is 25.7 Å². The molecule has 0 radical (unpaired) electrons. The number of halogens is 1. The van der Waals surface area contributed by atoms with Gasteiger partial charge in [-0.2, -0.15) is 0 Å². The average Bonchev–Trinajstić information content (AvgIpc) is 2.84. The van der Waals surface area contributed by atoms with Crippen molar-refractivity contribution >= 4 is 35.6 Å². The summed E-state index contributed by atoms with van der Waals surface area (Å²) in [6.45, 7) is 2.09. The SMILES string of the molecule is CN=C(NCc1ccccc1)Nc1ccc2c(c1)OCCCO2.I. The predicted molar refractivity (Wildman–Crippen MR) is 108 cm³/mol. The molecule has 0 amide bonds. The maximum atomic E-state index is 5.71. The lowest BCUT2D eigenvalue weighted by atomic mass is 10.2. The fraction of sp³-hybridized carbons (Fsp3) is 0.278. The zero-order valence-electron chi connectivity index (χ0n) is 13.6. The molecule has 1 heterocycles. The van der Waals surface area contributed by atoms with Crippen molar-refractivity contribution in [3.63, 3.8) is 0 Å². The monoisotopic (exact) mass is 439 g/mol. The molecular weight excluding hydrogens is 417 g/mol. The molecule has 24 heavy (non-hydrogen) atoms. The van der Waals surface area contributed by atoms with Gasteiger partial charge in [0.05, 0.1) is 13.2 Å². The number of guanidine groups is 1. The Morgan fingerprint density at radius 1 is 1.04 bits per heavy atom. The van der Waals surface area contributed by atoms with Crippen LogP contribution >= 0.6 is 24.0 Å². The predicted octanol–water partition coefficient (Wildman–Crippen LogP) is 3.65. The number of hydrogen-bond acceptors (Lipinski definition) is 3. The van der Waals surface area contributed by atoms with Crippen LogP contribution in [-0.2, 0) is 6.54 Å². The van der Waals surface area contributed by atoms with E-state index in [2.05, 4.69) is 27.8 Å². The fourth-order valence-electron chi connectivity index (χ4n) is 2.34. The Balaban J connectivity index is 0.00000208. The molecule has 0 bridgehead atoms. The van der Waals surface area contributed by atoms with E-state index in [4.69, 9.17) is 9.47 Å². The van der Waals surface area contributed by atoms with Gasteiger partial charge in [0.2, 0.25) is 0 Å². The second-order valence-corrected chi connectivity index (χ2v) is 5.25. The number of aliphatic imine (C=N–C) groups is 1. The summed E-state index contributed by atoms with van der Waals surface area (Å²) in [5.41, 5.74) is 2.12. The normalized spacial score (nSPS) is 13.5. The second kappa shape index (κ2) is 9.36. The number of fused-ring (bicyclic) bond motifs is 1. The quantitative estimate of drug-likeness (QED) is 0.436. The molecule has 128 valence electrons. The van der Waals surface area contributed by atoms with E-state index in [1.54, 1.807) is 7.05 Å². The molecule has 0 aliphatic carbocycles. The van der Waals surface area contributed by atoms with Crippen LogP contribution in [0.2, 0.25) is 0 Å². The molecule has 0 atom stereocenters. The molecular formula is C18H22IN3O2. The average molecular weight is 439 g/mol. The van der Waals surface area contributed by atoms with Crippen LogP contribution in [0.15, 0.2) is 53.5 Å². The first kappa shape index (κ1) is 18.4. The Kier molecular flexibility index (Phi) is 7.17. The Morgan fingerprint density at radius 3 is 2.54 bits per heavy atom. The standard InChI is InChI=1S/C18H21N3O2.HI/c1-19-18(20-13-14-6-3-2-4-7-14)21-15-8-9-16-17(12-15)23-11-5-10-22-16;/h2-4,6-9,12H,5,10-11,13H2,1H3,(H2,19,20,21);1H. The molecule has 2 aromatic rings. The van der Waals surface area contributed by atoms with Crippen LogP contribution in [-0.4, -0.2) is 26.2 Å². The van der Waals surface area contributed by atoms with Gasteiger partial charge in [-0.3, -0.25) is 4.99 Å². The van der Waals surface area contributed by atoms with Crippen LogP contribution in [0, 0.1) is 0 Å². The van der Waals surface area contributed by atoms with Crippen molar-refractivity contribution < 1.29 is 9.47 Å². The van der Waals surface area contributed by atoms with Crippen LogP contribution in [0.4, 0.5) is 5.69 Å². The highest BCUT2D eigenvalue weighted by molar-refractivity contribution is 14.0. The van der Waals surface area contributed by atoms with Crippen molar-refractivity contribution in [1.29, 1.82) is 0 Å². The summed E-state index contributed by atoms with van der Waals surface area (Å²) in [4.78, 5) is 4.25. The Hall–Kier alpha value is -1.96. The molecule has 3 rings (SSSR count). The van der Waals surface area contributed by atoms with E-state index in [1.165, 1.54) is 5.56 Å². The smallest absolute Gasteiger partial charge is 0.195 e. The van der Waals surface area contributed by atoms with Crippen LogP contribution in [0.1, 0.15) is 12.0 Å². The Labute approximate surface area is 159 Å². The third-order valence-corrected chi connectivity index (χ3v) is 3.54. The summed E-state index contributed by atoms with van der Waals surface area (Å²) in [6.07, 6.45) is 0.901. The topological polar surface area (TPSA) is 54.9 Å². The molecule has 1 aliphatic rings. The van der Waals surface area contributed by atoms with E-state index >= 15 is 0 Å². The van der Waals surface area contributed by atoms with Crippen molar-refractivity contribution in [3.05, 3.63) is 54.1 Å². The van der Waals surface area contributed by atoms with Gasteiger partial charge in [-0.25, -0.2) is 0 Å². The van der Waals surface area contributed by atoms with Gasteiger partial charge in [-0.05, 0) is 17.7 Å². The summed E-state index contributed by atoms with van der Waals surface area (Å²) < 4.78 is 11.3. The van der Waals surface area contributed by atoms with Gasteiger partial charge in [-0.15, -0.1) is 24.0 Å². The molecule has 0 fully saturated rings. The fourth-order valence-corrected chi connectivity index (χ4v) is 2.34. The number of ether oxygens (including phenoxy) is 2. The minimum absolute atomic E-state index is 0. The molecule has 1 aliphatic heterocycles. The van der Waals surface area contributed by atoms with E-state index in [9.17, 15) is 0 Å². The van der Waals surface area contributed by atoms with Crippen LogP contribution < -0.4 is 20.1 Å². The van der Waals surface area contributed by atoms with Gasteiger partial charge in [-0.1, -0.05) is 30.3 Å². The first-order chi connectivity index (χ1) is 11.3. The van der Waals surface area contributed by atoms with Gasteiger partial charge in [0.15, 0.2) is 17.5 Å². The van der Waals surface area contributed by atoms with Crippen molar-refractivity contribution in [2.24, 2.45) is 4.99 Å². The van der Waals surface area contributed by atoms with Gasteiger partial charge in [0, 0.05) is 31.8 Å². The number of rotatable bonds is 3. The summed E-state index contributed by atoms with van der Waals surface area (Å²) in [5.74, 6) is 2.27. The Morgan fingerprint density at radius 2 is 1.79 bits per heavy atom. The maximum absolute atomic E-state index is 5.71. The first-order valence-electron chi connectivity index (χ1n) is 7.76. The molecule has 0 aromatic heterocycles. The molecule has 0 saturated carbocycles. The lowest BCUT2D eigenvalue weighted by molar-refractivity contribution is 0.297. The lowest BCUT2D eigenvalue weighted by Crippen LogP contribution is -2.30. The Bertz CT molecular complexity index is 677. The summed E-state index contributed by atoms with van der Waals surface area (Å²) in [7, 11) is 1.75. The van der Waals surface area contributed by atoms with Crippen molar-refractivity contribution in [2.45, 2.75) is 13.0 Å². The lowest BCUT2D eigenvalue weighted by Gasteiger charge is -2.14. The third-order valence-electron chi connectivity index (χ3n) is 3.54. The molecule has 2 aromatic carbocycles. The molecule has 0 saturated heterocycles. The number of anilines is 1. The molecule has 6 heteroatoms. The highest BCUT2D eigenvalue weighted by Gasteiger charge is 2.11. The van der Waals surface area contributed by atoms with Gasteiger partial charge in [0.1, 0.15) is 0 Å². The largest absolute Gasteiger partial charge is 0.490 e. The van der Waals surface area contributed by atoms with E-state index < -0.39 is 0 Å². The highest BCUT2D eigenvalue weighted by Crippen LogP contribution is 2.32. The first-order valence-corrected chi connectivity index (χ1v) is 7.76. The summed E-state index contributed by atoms with van der Waals surface area (Å²) >= 11 is 0. The second-order valence-electron chi connectivity index (χ2n) is 5.25. The molecule has 5 nitrogen and oxygen atoms in total. The van der Waals surface area contributed by atoms with Crippen LogP contribution in [0.5, 0.6) is 11.5 Å². The van der Waals surface area contributed by atoms with Crippen molar-refractivity contribution in [2.75, 3.05) is 25.6 Å². The minimum Gasteiger partial charge on any atom is -0.490 e. The van der Waals surface area contributed by atoms with Crippen LogP contribution in [0.25, 0.3) is 0 Å². The van der Waals surface area contributed by atoms with E-state index in [-0.39, 0.29) is 24.0 Å². The summed E-state index contributed by atoms with van der Waals surface area (Å²) in [6, 6.07) is 16.0. The number of nitrogens with one attached hydrogen (secondary N) is 2. The zero-order chi connectivity index (χ0) is 15.9. The van der Waals surface area contributed by atoms with E-state index in [0.717, 1.165) is 23.6 Å². The number of hydrogen-bond donors (Lipinski definition) is 2. The van der Waals surface area contributed by atoms with Gasteiger partial charge in [0.25, 0.3) is 0 Å². The summed E-state index contributed by atoms with van der Waals surface area (Å²) in [5, 5.41) is 6.57. The molecule has 2 N–H and O–H groups in total. The zero-order valence-corrected chi connectivity index (χ0v) is 15.9. The third kappa shape index (κ3) is 5.02. The highest BCUT2D eigenvalue weighted by atomic mass is 127. The van der Waals surface area contributed by atoms with Crippen molar-refractivity contribution in [3.8, 4) is 11.5 Å².